The van der Waals surface area contributed by atoms with Gasteiger partial charge in [0.2, 0.25) is 5.91 Å². The zero-order valence-electron chi connectivity index (χ0n) is 27.3. The first-order valence-electron chi connectivity index (χ1n) is 15.8. The van der Waals surface area contributed by atoms with E-state index >= 15 is 18.0 Å². The lowest BCUT2D eigenvalue weighted by Crippen LogP contribution is -2.65. The van der Waals surface area contributed by atoms with Crippen molar-refractivity contribution < 1.29 is 23.1 Å². The molecular weight excluding hydrogens is 607 g/mol. The van der Waals surface area contributed by atoms with E-state index in [2.05, 4.69) is 11.6 Å². The van der Waals surface area contributed by atoms with Crippen LogP contribution in [0.5, 0.6) is 5.75 Å². The van der Waals surface area contributed by atoms with Gasteiger partial charge >= 0.3 is 0 Å². The summed E-state index contributed by atoms with van der Waals surface area (Å²) in [5, 5.41) is 10.7. The molecule has 4 heterocycles. The normalized spacial score (nSPS) is 17.8. The van der Waals surface area contributed by atoms with Crippen molar-refractivity contribution in [1.29, 1.82) is 0 Å². The Morgan fingerprint density at radius 1 is 1.02 bits per heavy atom. The summed E-state index contributed by atoms with van der Waals surface area (Å²) in [6.45, 7) is 16.0. The molecule has 0 aliphatic carbocycles. The zero-order chi connectivity index (χ0) is 34.1. The second kappa shape index (κ2) is 11.8. The first-order chi connectivity index (χ1) is 22.3. The van der Waals surface area contributed by atoms with Crippen LogP contribution in [-0.4, -0.2) is 63.2 Å². The smallest absolute Gasteiger partial charge is 0.281 e. The second-order valence-electron chi connectivity index (χ2n) is 13.0. The third kappa shape index (κ3) is 4.94. The number of halogens is 3. The SMILES string of the molecule is C=CC(=O)N1CC2CN(C(C)C)c3c(c4cc(F)c(-c5c(O)cccc5F)c(F)c4n(-c4c(C)ccnc4C(C)C)c3=O)N2CC1C. The third-order valence-electron chi connectivity index (χ3n) is 9.37. The van der Waals surface area contributed by atoms with Crippen molar-refractivity contribution in [3.8, 4) is 22.6 Å². The lowest BCUT2D eigenvalue weighted by Gasteiger charge is -2.52. The summed E-state index contributed by atoms with van der Waals surface area (Å²) < 4.78 is 50.2. The van der Waals surface area contributed by atoms with Crippen molar-refractivity contribution in [3.63, 3.8) is 0 Å². The summed E-state index contributed by atoms with van der Waals surface area (Å²) in [5.74, 6) is -4.34. The van der Waals surface area contributed by atoms with Gasteiger partial charge in [-0.3, -0.25) is 19.1 Å². The topological polar surface area (TPSA) is 81.9 Å². The molecule has 4 aromatic rings. The molecule has 1 amide bonds. The summed E-state index contributed by atoms with van der Waals surface area (Å²) in [4.78, 5) is 38.0. The lowest BCUT2D eigenvalue weighted by atomic mass is 9.94. The lowest BCUT2D eigenvalue weighted by molar-refractivity contribution is -0.128. The summed E-state index contributed by atoms with van der Waals surface area (Å²) in [6.07, 6.45) is 2.89. The summed E-state index contributed by atoms with van der Waals surface area (Å²) >= 11 is 0. The van der Waals surface area contributed by atoms with E-state index in [1.54, 1.807) is 24.1 Å². The maximum atomic E-state index is 17.3. The number of rotatable bonds is 5. The number of amides is 1. The first-order valence-corrected chi connectivity index (χ1v) is 15.8. The fourth-order valence-electron chi connectivity index (χ4n) is 7.16. The standard InChI is InChI=1S/C36H38F3N5O3/c1-8-27(46)42-17-22-16-41(19(4)5)35-34(43(22)15-21(42)7)23-14-25(38)29(28-24(37)10-9-11-26(28)45)30(39)33(23)44(36(35)47)32-20(6)12-13-40-31(32)18(2)3/h8-14,18-19,21-22,45H,1,15-17H2,2-7H3. The molecule has 1 saturated heterocycles. The Labute approximate surface area is 271 Å². The summed E-state index contributed by atoms with van der Waals surface area (Å²) in [7, 11) is 0. The molecule has 2 unspecified atom stereocenters. The molecule has 2 aromatic heterocycles. The molecule has 2 aliphatic heterocycles. The average molecular weight is 646 g/mol. The predicted octanol–water partition coefficient (Wildman–Crippen LogP) is 6.43. The number of fused-ring (bicyclic) bond motifs is 5. The van der Waals surface area contributed by atoms with Crippen molar-refractivity contribution in [2.75, 3.05) is 29.4 Å². The average Bonchev–Trinajstić information content (AvgIpc) is 3.01. The molecule has 1 fully saturated rings. The van der Waals surface area contributed by atoms with Gasteiger partial charge in [-0.2, -0.15) is 0 Å². The van der Waals surface area contributed by atoms with Crippen LogP contribution in [0.15, 0.2) is 54.0 Å². The van der Waals surface area contributed by atoms with Gasteiger partial charge in [0.15, 0.2) is 5.82 Å². The van der Waals surface area contributed by atoms with Gasteiger partial charge in [0.1, 0.15) is 23.1 Å². The molecule has 0 radical (unpaired) electrons. The zero-order valence-corrected chi connectivity index (χ0v) is 27.3. The number of hydrogen-bond acceptors (Lipinski definition) is 6. The maximum absolute atomic E-state index is 17.3. The number of carbonyl (C=O) groups excluding carboxylic acids is 1. The number of aryl methyl sites for hydroxylation is 1. The number of carbonyl (C=O) groups is 1. The van der Waals surface area contributed by atoms with E-state index in [0.717, 1.165) is 18.2 Å². The molecular formula is C36H38F3N5O3. The number of anilines is 2. The number of piperazine rings is 1. The van der Waals surface area contributed by atoms with Crippen LogP contribution in [0.2, 0.25) is 0 Å². The molecule has 2 aromatic carbocycles. The number of phenolic OH excluding ortho intramolecular Hbond substituents is 1. The van der Waals surface area contributed by atoms with Gasteiger partial charge in [-0.1, -0.05) is 26.5 Å². The van der Waals surface area contributed by atoms with Crippen molar-refractivity contribution >= 4 is 28.2 Å². The molecule has 1 N–H and O–H groups in total. The summed E-state index contributed by atoms with van der Waals surface area (Å²) in [5.41, 5.74) is -0.0668. The van der Waals surface area contributed by atoms with E-state index in [4.69, 9.17) is 0 Å². The van der Waals surface area contributed by atoms with Gasteiger partial charge in [0, 0.05) is 43.3 Å². The van der Waals surface area contributed by atoms with Crippen molar-refractivity contribution in [2.45, 2.75) is 65.6 Å². The minimum absolute atomic E-state index is 0.109. The molecule has 8 nitrogen and oxygen atoms in total. The number of aromatic nitrogens is 2. The number of phenols is 1. The molecule has 2 aliphatic rings. The van der Waals surface area contributed by atoms with E-state index < -0.39 is 39.9 Å². The molecule has 0 spiro atoms. The summed E-state index contributed by atoms with van der Waals surface area (Å²) in [6, 6.07) is 5.45. The monoisotopic (exact) mass is 645 g/mol. The minimum Gasteiger partial charge on any atom is -0.507 e. The molecule has 0 saturated carbocycles. The highest BCUT2D eigenvalue weighted by atomic mass is 19.1. The quantitative estimate of drug-likeness (QED) is 0.252. The van der Waals surface area contributed by atoms with E-state index in [-0.39, 0.29) is 46.5 Å². The molecule has 11 heteroatoms. The Balaban J connectivity index is 1.80. The van der Waals surface area contributed by atoms with Gasteiger partial charge < -0.3 is 19.8 Å². The van der Waals surface area contributed by atoms with Gasteiger partial charge in [0.05, 0.1) is 39.8 Å². The van der Waals surface area contributed by atoms with Gasteiger partial charge in [0.25, 0.3) is 5.56 Å². The highest BCUT2D eigenvalue weighted by Gasteiger charge is 2.43. The Kier molecular flexibility index (Phi) is 8.05. The maximum Gasteiger partial charge on any atom is 0.281 e. The van der Waals surface area contributed by atoms with Crippen LogP contribution in [0.25, 0.3) is 27.7 Å². The van der Waals surface area contributed by atoms with Crippen LogP contribution < -0.4 is 15.4 Å². The van der Waals surface area contributed by atoms with Gasteiger partial charge in [-0.05, 0) is 69.5 Å². The van der Waals surface area contributed by atoms with E-state index in [1.807, 2.05) is 44.4 Å². The number of aromatic hydroxyl groups is 1. The second-order valence-corrected chi connectivity index (χ2v) is 13.0. The number of pyridine rings is 2. The highest BCUT2D eigenvalue weighted by molar-refractivity contribution is 6.03. The van der Waals surface area contributed by atoms with E-state index in [1.165, 1.54) is 16.7 Å². The van der Waals surface area contributed by atoms with Gasteiger partial charge in [-0.25, -0.2) is 13.2 Å². The van der Waals surface area contributed by atoms with Crippen molar-refractivity contribution in [1.82, 2.24) is 14.5 Å². The van der Waals surface area contributed by atoms with Crippen LogP contribution in [0, 0.1) is 24.4 Å². The van der Waals surface area contributed by atoms with Crippen LogP contribution in [0.3, 0.4) is 0 Å². The fraction of sp³-hybridized carbons (Fsp3) is 0.361. The highest BCUT2D eigenvalue weighted by Crippen LogP contribution is 2.46. The van der Waals surface area contributed by atoms with E-state index in [9.17, 15) is 9.90 Å². The molecule has 0 bridgehead atoms. The third-order valence-corrected chi connectivity index (χ3v) is 9.37. The number of benzene rings is 2. The fourth-order valence-corrected chi connectivity index (χ4v) is 7.16. The van der Waals surface area contributed by atoms with Crippen LogP contribution in [0.4, 0.5) is 24.5 Å². The first kappa shape index (κ1) is 32.2. The number of hydrogen-bond donors (Lipinski definition) is 1. The minimum atomic E-state index is -1.19. The molecule has 2 atom stereocenters. The van der Waals surface area contributed by atoms with Crippen LogP contribution >= 0.6 is 0 Å². The molecule has 47 heavy (non-hydrogen) atoms. The van der Waals surface area contributed by atoms with Crippen LogP contribution in [-0.2, 0) is 4.79 Å². The predicted molar refractivity (Wildman–Crippen MR) is 178 cm³/mol. The Morgan fingerprint density at radius 3 is 2.38 bits per heavy atom. The van der Waals surface area contributed by atoms with E-state index in [0.29, 0.717) is 42.3 Å². The Hall–Kier alpha value is -4.80. The Bertz CT molecular complexity index is 1990. The number of nitrogens with zero attached hydrogens (tertiary/aromatic N) is 5. The molecule has 6 rings (SSSR count). The van der Waals surface area contributed by atoms with Crippen molar-refractivity contribution in [2.24, 2.45) is 0 Å². The van der Waals surface area contributed by atoms with Crippen molar-refractivity contribution in [3.05, 3.63) is 88.2 Å². The van der Waals surface area contributed by atoms with Gasteiger partial charge in [-0.15, -0.1) is 0 Å². The van der Waals surface area contributed by atoms with Crippen LogP contribution in [0.1, 0.15) is 51.8 Å². The molecule has 246 valence electrons. The largest absolute Gasteiger partial charge is 0.507 e. The Morgan fingerprint density at radius 2 is 1.74 bits per heavy atom.